The molecule has 1 aliphatic heterocycles. The minimum atomic E-state index is 0. The molecule has 0 aromatic carbocycles. The van der Waals surface area contributed by atoms with Crippen LogP contribution in [0.4, 0.5) is 0 Å². The number of nitrogens with one attached hydrogen (secondary N) is 2. The van der Waals surface area contributed by atoms with Gasteiger partial charge in [0.2, 0.25) is 0 Å². The van der Waals surface area contributed by atoms with E-state index in [2.05, 4.69) is 20.5 Å². The molecular formula is C18H31IN4O. The summed E-state index contributed by atoms with van der Waals surface area (Å²) in [5, 5.41) is 6.97. The van der Waals surface area contributed by atoms with Crippen LogP contribution in [-0.2, 0) is 6.42 Å². The maximum Gasteiger partial charge on any atom is 0.191 e. The fourth-order valence-electron chi connectivity index (χ4n) is 3.83. The summed E-state index contributed by atoms with van der Waals surface area (Å²) in [7, 11) is 1.84. The molecule has 2 heterocycles. The molecule has 1 saturated carbocycles. The van der Waals surface area contributed by atoms with E-state index >= 15 is 0 Å². The third-order valence-corrected chi connectivity index (χ3v) is 5.18. The number of halogens is 1. The van der Waals surface area contributed by atoms with Crippen LogP contribution in [0, 0.1) is 0 Å². The highest BCUT2D eigenvalue weighted by atomic mass is 127. The highest BCUT2D eigenvalue weighted by Crippen LogP contribution is 2.26. The van der Waals surface area contributed by atoms with E-state index < -0.39 is 0 Å². The van der Waals surface area contributed by atoms with Gasteiger partial charge in [0.25, 0.3) is 0 Å². The summed E-state index contributed by atoms with van der Waals surface area (Å²) >= 11 is 0. The fourth-order valence-corrected chi connectivity index (χ4v) is 3.83. The lowest BCUT2D eigenvalue weighted by Crippen LogP contribution is -2.50. The van der Waals surface area contributed by atoms with Crippen LogP contribution < -0.4 is 10.6 Å². The lowest BCUT2D eigenvalue weighted by Gasteiger charge is -2.36. The number of piperidine rings is 1. The molecule has 0 amide bonds. The molecular weight excluding hydrogens is 415 g/mol. The molecule has 0 spiro atoms. The zero-order valence-corrected chi connectivity index (χ0v) is 17.0. The van der Waals surface area contributed by atoms with Gasteiger partial charge >= 0.3 is 0 Å². The Morgan fingerprint density at radius 1 is 1.25 bits per heavy atom. The van der Waals surface area contributed by atoms with Crippen molar-refractivity contribution in [1.82, 2.24) is 15.5 Å². The second-order valence-corrected chi connectivity index (χ2v) is 6.72. The van der Waals surface area contributed by atoms with Crippen molar-refractivity contribution >= 4 is 29.9 Å². The summed E-state index contributed by atoms with van der Waals surface area (Å²) in [6.07, 6.45) is 10.7. The van der Waals surface area contributed by atoms with Gasteiger partial charge in [-0.2, -0.15) is 0 Å². The molecule has 3 rings (SSSR count). The standard InChI is InChI=1S/C18H30N4O.HI/c1-19-18(20-11-8-17-7-4-14-23-17)21-15-9-12-22(13-10-15)16-5-2-3-6-16;/h4,7,14-16H,2-3,5-6,8-13H2,1H3,(H2,19,20,21);1H. The van der Waals surface area contributed by atoms with Gasteiger partial charge in [-0.15, -0.1) is 24.0 Å². The summed E-state index contributed by atoms with van der Waals surface area (Å²) in [5.41, 5.74) is 0. The summed E-state index contributed by atoms with van der Waals surface area (Å²) in [5.74, 6) is 1.92. The van der Waals surface area contributed by atoms with Crippen molar-refractivity contribution in [1.29, 1.82) is 0 Å². The van der Waals surface area contributed by atoms with Gasteiger partial charge in [-0.1, -0.05) is 12.8 Å². The zero-order chi connectivity index (χ0) is 15.9. The average molecular weight is 446 g/mol. The minimum absolute atomic E-state index is 0. The molecule has 0 radical (unpaired) electrons. The van der Waals surface area contributed by atoms with Crippen molar-refractivity contribution in [2.75, 3.05) is 26.7 Å². The van der Waals surface area contributed by atoms with Gasteiger partial charge in [-0.25, -0.2) is 0 Å². The van der Waals surface area contributed by atoms with Crippen LogP contribution >= 0.6 is 24.0 Å². The number of furan rings is 1. The van der Waals surface area contributed by atoms with Crippen molar-refractivity contribution in [3.8, 4) is 0 Å². The number of hydrogen-bond donors (Lipinski definition) is 2. The van der Waals surface area contributed by atoms with Crippen LogP contribution in [0.15, 0.2) is 27.8 Å². The Balaban J connectivity index is 0.00000208. The molecule has 24 heavy (non-hydrogen) atoms. The van der Waals surface area contributed by atoms with Gasteiger partial charge in [-0.3, -0.25) is 4.99 Å². The second-order valence-electron chi connectivity index (χ2n) is 6.72. The predicted octanol–water partition coefficient (Wildman–Crippen LogP) is 3.01. The Morgan fingerprint density at radius 3 is 2.62 bits per heavy atom. The first-order valence-corrected chi connectivity index (χ1v) is 9.09. The third-order valence-electron chi connectivity index (χ3n) is 5.18. The first-order chi connectivity index (χ1) is 11.3. The van der Waals surface area contributed by atoms with Crippen LogP contribution in [0.5, 0.6) is 0 Å². The van der Waals surface area contributed by atoms with Crippen LogP contribution in [0.2, 0.25) is 0 Å². The second kappa shape index (κ2) is 10.3. The van der Waals surface area contributed by atoms with Gasteiger partial charge < -0.3 is 20.0 Å². The van der Waals surface area contributed by atoms with Gasteiger partial charge in [0, 0.05) is 45.2 Å². The van der Waals surface area contributed by atoms with Gasteiger partial charge in [0.15, 0.2) is 5.96 Å². The molecule has 0 unspecified atom stereocenters. The molecule has 0 atom stereocenters. The Hall–Kier alpha value is -0.760. The average Bonchev–Trinajstić information content (AvgIpc) is 3.28. The van der Waals surface area contributed by atoms with E-state index in [1.165, 1.54) is 51.6 Å². The Labute approximate surface area is 162 Å². The number of rotatable bonds is 5. The number of likely N-dealkylation sites (tertiary alicyclic amines) is 1. The molecule has 1 aliphatic carbocycles. The minimum Gasteiger partial charge on any atom is -0.469 e. The SMILES string of the molecule is CN=C(NCCc1ccco1)NC1CCN(C2CCCC2)CC1.I. The normalized spacial score (nSPS) is 20.8. The van der Waals surface area contributed by atoms with E-state index in [0.717, 1.165) is 30.7 Å². The van der Waals surface area contributed by atoms with Crippen molar-refractivity contribution in [2.45, 2.75) is 57.0 Å². The molecule has 1 aromatic rings. The van der Waals surface area contributed by atoms with Crippen LogP contribution in [0.3, 0.4) is 0 Å². The predicted molar refractivity (Wildman–Crippen MR) is 109 cm³/mol. The van der Waals surface area contributed by atoms with Crippen molar-refractivity contribution in [2.24, 2.45) is 4.99 Å². The van der Waals surface area contributed by atoms with Crippen LogP contribution in [0.1, 0.15) is 44.3 Å². The topological polar surface area (TPSA) is 52.8 Å². The monoisotopic (exact) mass is 446 g/mol. The summed E-state index contributed by atoms with van der Waals surface area (Å²) < 4.78 is 5.35. The first kappa shape index (κ1) is 19.6. The zero-order valence-electron chi connectivity index (χ0n) is 14.7. The molecule has 6 heteroatoms. The van der Waals surface area contributed by atoms with E-state index in [4.69, 9.17) is 4.42 Å². The van der Waals surface area contributed by atoms with Gasteiger partial charge in [-0.05, 0) is 37.8 Å². The van der Waals surface area contributed by atoms with Crippen molar-refractivity contribution < 1.29 is 4.42 Å². The van der Waals surface area contributed by atoms with E-state index in [1.54, 1.807) is 6.26 Å². The van der Waals surface area contributed by atoms with Crippen molar-refractivity contribution in [3.05, 3.63) is 24.2 Å². The summed E-state index contributed by atoms with van der Waals surface area (Å²) in [6.45, 7) is 3.30. The summed E-state index contributed by atoms with van der Waals surface area (Å²) in [4.78, 5) is 7.05. The van der Waals surface area contributed by atoms with Gasteiger partial charge in [0.05, 0.1) is 6.26 Å². The first-order valence-electron chi connectivity index (χ1n) is 9.09. The highest BCUT2D eigenvalue weighted by Gasteiger charge is 2.27. The smallest absolute Gasteiger partial charge is 0.191 e. The molecule has 2 N–H and O–H groups in total. The molecule has 136 valence electrons. The Morgan fingerprint density at radius 2 is 2.00 bits per heavy atom. The third kappa shape index (κ3) is 5.65. The fraction of sp³-hybridized carbons (Fsp3) is 0.722. The largest absolute Gasteiger partial charge is 0.469 e. The van der Waals surface area contributed by atoms with Crippen LogP contribution in [0.25, 0.3) is 0 Å². The number of guanidine groups is 1. The highest BCUT2D eigenvalue weighted by molar-refractivity contribution is 14.0. The molecule has 2 fully saturated rings. The van der Waals surface area contributed by atoms with Crippen molar-refractivity contribution in [3.63, 3.8) is 0 Å². The van der Waals surface area contributed by atoms with E-state index in [-0.39, 0.29) is 24.0 Å². The molecule has 1 aromatic heterocycles. The van der Waals surface area contributed by atoms with E-state index in [9.17, 15) is 0 Å². The van der Waals surface area contributed by atoms with E-state index in [0.29, 0.717) is 6.04 Å². The van der Waals surface area contributed by atoms with E-state index in [1.807, 2.05) is 19.2 Å². The number of nitrogens with zero attached hydrogens (tertiary/aromatic N) is 2. The lowest BCUT2D eigenvalue weighted by atomic mass is 10.0. The summed E-state index contributed by atoms with van der Waals surface area (Å²) in [6, 6.07) is 5.35. The Kier molecular flexibility index (Phi) is 8.38. The molecule has 1 saturated heterocycles. The quantitative estimate of drug-likeness (QED) is 0.415. The Bertz CT molecular complexity index is 477. The lowest BCUT2D eigenvalue weighted by molar-refractivity contribution is 0.150. The van der Waals surface area contributed by atoms with Crippen LogP contribution in [-0.4, -0.2) is 49.6 Å². The number of hydrogen-bond acceptors (Lipinski definition) is 3. The number of aliphatic imine (C=N–C) groups is 1. The van der Waals surface area contributed by atoms with Gasteiger partial charge in [0.1, 0.15) is 5.76 Å². The maximum atomic E-state index is 5.35. The maximum absolute atomic E-state index is 5.35. The molecule has 5 nitrogen and oxygen atoms in total. The molecule has 2 aliphatic rings. The molecule has 0 bridgehead atoms.